The van der Waals surface area contributed by atoms with E-state index >= 15 is 0 Å². The van der Waals surface area contributed by atoms with Crippen LogP contribution in [0.3, 0.4) is 0 Å². The number of nitrogens with zero attached hydrogens (tertiary/aromatic N) is 1. The van der Waals surface area contributed by atoms with Gasteiger partial charge in [-0.3, -0.25) is 9.59 Å². The number of nitrogens with one attached hydrogen (secondary N) is 2. The molecule has 0 aromatic carbocycles. The van der Waals surface area contributed by atoms with Gasteiger partial charge in [0.2, 0.25) is 11.8 Å². The number of carbonyl (C=O) groups excluding carboxylic acids is 2. The van der Waals surface area contributed by atoms with E-state index in [9.17, 15) is 9.59 Å². The molecule has 0 radical (unpaired) electrons. The summed E-state index contributed by atoms with van der Waals surface area (Å²) in [5.74, 6) is 0.116. The van der Waals surface area contributed by atoms with Crippen molar-refractivity contribution >= 4 is 11.8 Å². The molecule has 18 heavy (non-hydrogen) atoms. The molecule has 2 saturated heterocycles. The van der Waals surface area contributed by atoms with Crippen molar-refractivity contribution in [3.8, 4) is 0 Å². The summed E-state index contributed by atoms with van der Waals surface area (Å²) in [5, 5.41) is 6.21. The molecule has 0 aliphatic carbocycles. The van der Waals surface area contributed by atoms with Crippen LogP contribution >= 0.6 is 0 Å². The maximum absolute atomic E-state index is 12.3. The zero-order chi connectivity index (χ0) is 13.0. The average Bonchev–Trinajstić information content (AvgIpc) is 2.39. The molecule has 0 spiro atoms. The van der Waals surface area contributed by atoms with E-state index in [1.807, 2.05) is 6.92 Å². The number of carbonyl (C=O) groups is 2. The highest BCUT2D eigenvalue weighted by Crippen LogP contribution is 2.15. The summed E-state index contributed by atoms with van der Waals surface area (Å²) in [6, 6.07) is 0.0311. The summed E-state index contributed by atoms with van der Waals surface area (Å²) >= 11 is 0. The van der Waals surface area contributed by atoms with Crippen molar-refractivity contribution in [2.75, 3.05) is 19.6 Å². The summed E-state index contributed by atoms with van der Waals surface area (Å²) < 4.78 is 0. The number of piperidine rings is 1. The Labute approximate surface area is 108 Å². The van der Waals surface area contributed by atoms with Gasteiger partial charge in [-0.15, -0.1) is 0 Å². The van der Waals surface area contributed by atoms with Crippen molar-refractivity contribution in [2.45, 2.75) is 51.1 Å². The zero-order valence-electron chi connectivity index (χ0n) is 11.1. The van der Waals surface area contributed by atoms with Gasteiger partial charge in [-0.2, -0.15) is 0 Å². The quantitative estimate of drug-likeness (QED) is 0.758. The summed E-state index contributed by atoms with van der Waals surface area (Å²) in [4.78, 5) is 25.8. The van der Waals surface area contributed by atoms with Crippen LogP contribution in [0.15, 0.2) is 0 Å². The number of rotatable bonds is 3. The first kappa shape index (κ1) is 13.3. The van der Waals surface area contributed by atoms with Crippen LogP contribution in [0.5, 0.6) is 0 Å². The number of piperazine rings is 1. The van der Waals surface area contributed by atoms with Gasteiger partial charge in [0.1, 0.15) is 6.04 Å². The van der Waals surface area contributed by atoms with Gasteiger partial charge in [0.05, 0.1) is 0 Å². The second-order valence-electron chi connectivity index (χ2n) is 5.15. The standard InChI is InChI=1S/C13H23N3O2/c1-2-11-13(18)15-7-8-16(11)12(17)9-10-5-3-4-6-14-10/h10-11,14H,2-9H2,1H3,(H,15,18). The third-order valence-electron chi connectivity index (χ3n) is 3.87. The third-order valence-corrected chi connectivity index (χ3v) is 3.87. The Morgan fingerprint density at radius 3 is 2.89 bits per heavy atom. The van der Waals surface area contributed by atoms with E-state index in [4.69, 9.17) is 0 Å². The van der Waals surface area contributed by atoms with Gasteiger partial charge in [-0.1, -0.05) is 13.3 Å². The highest BCUT2D eigenvalue weighted by molar-refractivity contribution is 5.88. The average molecular weight is 253 g/mol. The van der Waals surface area contributed by atoms with Gasteiger partial charge in [0.15, 0.2) is 0 Å². The molecule has 2 unspecified atom stereocenters. The van der Waals surface area contributed by atoms with Gasteiger partial charge in [-0.25, -0.2) is 0 Å². The van der Waals surface area contributed by atoms with Gasteiger partial charge >= 0.3 is 0 Å². The number of hydrogen-bond donors (Lipinski definition) is 2. The van der Waals surface area contributed by atoms with Crippen molar-refractivity contribution in [2.24, 2.45) is 0 Å². The normalized spacial score (nSPS) is 28.9. The molecule has 2 rings (SSSR count). The highest BCUT2D eigenvalue weighted by Gasteiger charge is 2.32. The maximum atomic E-state index is 12.3. The Kier molecular flexibility index (Phi) is 4.58. The largest absolute Gasteiger partial charge is 0.353 e. The van der Waals surface area contributed by atoms with Crippen LogP contribution < -0.4 is 10.6 Å². The topological polar surface area (TPSA) is 61.4 Å². The Hall–Kier alpha value is -1.10. The first-order valence-electron chi connectivity index (χ1n) is 7.03. The van der Waals surface area contributed by atoms with Crippen LogP contribution in [0.1, 0.15) is 39.0 Å². The molecule has 102 valence electrons. The van der Waals surface area contributed by atoms with Crippen LogP contribution in [-0.4, -0.2) is 48.4 Å². The smallest absolute Gasteiger partial charge is 0.242 e. The van der Waals surface area contributed by atoms with Crippen LogP contribution in [0.25, 0.3) is 0 Å². The first-order valence-corrected chi connectivity index (χ1v) is 7.03. The van der Waals surface area contributed by atoms with Crippen molar-refractivity contribution < 1.29 is 9.59 Å². The fraction of sp³-hybridized carbons (Fsp3) is 0.846. The molecule has 0 bridgehead atoms. The van der Waals surface area contributed by atoms with E-state index in [2.05, 4.69) is 10.6 Å². The monoisotopic (exact) mass is 253 g/mol. The predicted octanol–water partition coefficient (Wildman–Crippen LogP) is 0.256. The lowest BCUT2D eigenvalue weighted by atomic mass is 10.0. The molecule has 5 heteroatoms. The Morgan fingerprint density at radius 1 is 1.39 bits per heavy atom. The molecule has 2 atom stereocenters. The number of amides is 2. The molecular formula is C13H23N3O2. The van der Waals surface area contributed by atoms with E-state index < -0.39 is 0 Å². The minimum atomic E-state index is -0.269. The van der Waals surface area contributed by atoms with Gasteiger partial charge in [-0.05, 0) is 25.8 Å². The maximum Gasteiger partial charge on any atom is 0.242 e. The van der Waals surface area contributed by atoms with Crippen LogP contribution in [-0.2, 0) is 9.59 Å². The fourth-order valence-electron chi connectivity index (χ4n) is 2.85. The Balaban J connectivity index is 1.91. The minimum absolute atomic E-state index is 0.00583. The molecule has 2 amide bonds. The van der Waals surface area contributed by atoms with E-state index in [1.165, 1.54) is 12.8 Å². The molecule has 2 aliphatic heterocycles. The first-order chi connectivity index (χ1) is 8.72. The van der Waals surface area contributed by atoms with Crippen molar-refractivity contribution in [3.05, 3.63) is 0 Å². The second kappa shape index (κ2) is 6.18. The van der Waals surface area contributed by atoms with Crippen molar-refractivity contribution in [3.63, 3.8) is 0 Å². The van der Waals surface area contributed by atoms with E-state index in [1.54, 1.807) is 4.90 Å². The summed E-state index contributed by atoms with van der Waals surface area (Å²) in [5.41, 5.74) is 0. The van der Waals surface area contributed by atoms with Crippen molar-refractivity contribution in [1.29, 1.82) is 0 Å². The van der Waals surface area contributed by atoms with Gasteiger partial charge in [0, 0.05) is 25.6 Å². The fourth-order valence-corrected chi connectivity index (χ4v) is 2.85. The Morgan fingerprint density at radius 2 is 2.22 bits per heavy atom. The molecule has 0 aromatic heterocycles. The zero-order valence-corrected chi connectivity index (χ0v) is 11.1. The van der Waals surface area contributed by atoms with Crippen molar-refractivity contribution in [1.82, 2.24) is 15.5 Å². The SMILES string of the molecule is CCC1C(=O)NCCN1C(=O)CC1CCCCN1. The third kappa shape index (κ3) is 3.02. The van der Waals surface area contributed by atoms with Crippen LogP contribution in [0, 0.1) is 0 Å². The molecule has 2 N–H and O–H groups in total. The second-order valence-corrected chi connectivity index (χ2v) is 5.15. The molecule has 2 heterocycles. The molecule has 0 saturated carbocycles. The van der Waals surface area contributed by atoms with Crippen LogP contribution in [0.2, 0.25) is 0 Å². The molecule has 0 aromatic rings. The van der Waals surface area contributed by atoms with Gasteiger partial charge < -0.3 is 15.5 Å². The van der Waals surface area contributed by atoms with E-state index in [0.717, 1.165) is 13.0 Å². The lowest BCUT2D eigenvalue weighted by Gasteiger charge is -2.36. The summed E-state index contributed by atoms with van der Waals surface area (Å²) in [6.45, 7) is 4.19. The van der Waals surface area contributed by atoms with Crippen LogP contribution in [0.4, 0.5) is 0 Å². The lowest BCUT2D eigenvalue weighted by molar-refractivity contribution is -0.143. The molecular weight excluding hydrogens is 230 g/mol. The number of hydrogen-bond acceptors (Lipinski definition) is 3. The summed E-state index contributed by atoms with van der Waals surface area (Å²) in [6.07, 6.45) is 4.69. The Bertz CT molecular complexity index is 313. The molecule has 5 nitrogen and oxygen atoms in total. The molecule has 2 fully saturated rings. The highest BCUT2D eigenvalue weighted by atomic mass is 16.2. The summed E-state index contributed by atoms with van der Waals surface area (Å²) in [7, 11) is 0. The van der Waals surface area contributed by atoms with Gasteiger partial charge in [0.25, 0.3) is 0 Å². The minimum Gasteiger partial charge on any atom is -0.353 e. The molecule has 2 aliphatic rings. The predicted molar refractivity (Wildman–Crippen MR) is 69.1 cm³/mol. The lowest BCUT2D eigenvalue weighted by Crippen LogP contribution is -2.57. The van der Waals surface area contributed by atoms with E-state index in [0.29, 0.717) is 32.0 Å². The van der Waals surface area contributed by atoms with E-state index in [-0.39, 0.29) is 17.9 Å².